The van der Waals surface area contributed by atoms with Crippen LogP contribution in [-0.2, 0) is 0 Å². The molecule has 3 nitrogen and oxygen atoms in total. The highest BCUT2D eigenvalue weighted by atomic mass is 16.3. The van der Waals surface area contributed by atoms with E-state index in [9.17, 15) is 15.3 Å². The Morgan fingerprint density at radius 2 is 1.86 bits per heavy atom. The lowest BCUT2D eigenvalue weighted by atomic mass is 9.43. The van der Waals surface area contributed by atoms with Gasteiger partial charge in [0.15, 0.2) is 0 Å². The Balaban J connectivity index is 1.73. The lowest BCUT2D eigenvalue weighted by molar-refractivity contribution is -0.177. The van der Waals surface area contributed by atoms with Gasteiger partial charge in [-0.2, -0.15) is 0 Å². The van der Waals surface area contributed by atoms with E-state index in [1.165, 1.54) is 19.3 Å². The van der Waals surface area contributed by atoms with E-state index < -0.39 is 0 Å². The standard InChI is InChI=1S/C19H32O3/c1-11-12-3-4-16-18(2)9-14(21)7-13(10-20)15(18)5-6-19(16,8-12)17(11)22/h11-17,20-22H,3-10H2,1-2H3/t11-,12-,13-,14+,15-,16+,17+,18-,19-/m0/s1. The highest BCUT2D eigenvalue weighted by Gasteiger charge is 2.66. The van der Waals surface area contributed by atoms with Gasteiger partial charge in [-0.1, -0.05) is 13.8 Å². The molecule has 4 rings (SSSR count). The molecule has 2 bridgehead atoms. The number of fused-ring (bicyclic) bond motifs is 3. The SMILES string of the molecule is C[C@H]1[C@H]2CC[C@@H]3[C@@]4(C)C[C@H](O)C[C@@H](CO)[C@@H]4CC[C@@]3(C2)[C@@H]1O. The zero-order chi connectivity index (χ0) is 15.7. The fraction of sp³-hybridized carbons (Fsp3) is 1.00. The van der Waals surface area contributed by atoms with Crippen LogP contribution in [0.25, 0.3) is 0 Å². The van der Waals surface area contributed by atoms with Crippen molar-refractivity contribution in [2.75, 3.05) is 6.61 Å². The Morgan fingerprint density at radius 1 is 1.09 bits per heavy atom. The van der Waals surface area contributed by atoms with Gasteiger partial charge in [-0.3, -0.25) is 0 Å². The smallest absolute Gasteiger partial charge is 0.0627 e. The second kappa shape index (κ2) is 4.94. The maximum absolute atomic E-state index is 11.0. The lowest BCUT2D eigenvalue weighted by Crippen LogP contribution is -2.58. The van der Waals surface area contributed by atoms with Gasteiger partial charge < -0.3 is 15.3 Å². The minimum Gasteiger partial charge on any atom is -0.396 e. The molecule has 22 heavy (non-hydrogen) atoms. The van der Waals surface area contributed by atoms with Gasteiger partial charge in [-0.25, -0.2) is 0 Å². The van der Waals surface area contributed by atoms with E-state index in [0.717, 1.165) is 25.7 Å². The highest BCUT2D eigenvalue weighted by Crippen LogP contribution is 2.70. The van der Waals surface area contributed by atoms with Crippen molar-refractivity contribution < 1.29 is 15.3 Å². The topological polar surface area (TPSA) is 60.7 Å². The first-order chi connectivity index (χ1) is 10.4. The number of rotatable bonds is 1. The second-order valence-electron chi connectivity index (χ2n) is 9.32. The van der Waals surface area contributed by atoms with Crippen LogP contribution in [0.1, 0.15) is 58.8 Å². The Labute approximate surface area is 134 Å². The third-order valence-electron chi connectivity index (χ3n) is 8.61. The molecular formula is C19H32O3. The van der Waals surface area contributed by atoms with Gasteiger partial charge >= 0.3 is 0 Å². The normalized spacial score (nSPS) is 60.7. The number of hydrogen-bond acceptors (Lipinski definition) is 3. The summed E-state index contributed by atoms with van der Waals surface area (Å²) in [7, 11) is 0. The molecule has 0 heterocycles. The van der Waals surface area contributed by atoms with E-state index in [-0.39, 0.29) is 35.6 Å². The fourth-order valence-electron chi connectivity index (χ4n) is 7.75. The number of aliphatic hydroxyl groups excluding tert-OH is 3. The molecule has 126 valence electrons. The molecule has 1 spiro atoms. The van der Waals surface area contributed by atoms with Crippen LogP contribution in [0.4, 0.5) is 0 Å². The molecule has 4 aliphatic rings. The summed E-state index contributed by atoms with van der Waals surface area (Å²) in [4.78, 5) is 0. The monoisotopic (exact) mass is 308 g/mol. The van der Waals surface area contributed by atoms with Gasteiger partial charge in [0, 0.05) is 12.0 Å². The van der Waals surface area contributed by atoms with Gasteiger partial charge in [-0.15, -0.1) is 0 Å². The van der Waals surface area contributed by atoms with Crippen LogP contribution in [-0.4, -0.2) is 34.1 Å². The fourth-order valence-corrected chi connectivity index (χ4v) is 7.75. The summed E-state index contributed by atoms with van der Waals surface area (Å²) in [6.45, 7) is 4.82. The Kier molecular flexibility index (Phi) is 3.46. The second-order valence-corrected chi connectivity index (χ2v) is 9.32. The molecule has 0 saturated heterocycles. The maximum atomic E-state index is 11.0. The van der Waals surface area contributed by atoms with Crippen LogP contribution >= 0.6 is 0 Å². The summed E-state index contributed by atoms with van der Waals surface area (Å²) >= 11 is 0. The van der Waals surface area contributed by atoms with Gasteiger partial charge in [0.2, 0.25) is 0 Å². The summed E-state index contributed by atoms with van der Waals surface area (Å²) in [6.07, 6.45) is 7.11. The molecule has 3 heteroatoms. The van der Waals surface area contributed by atoms with Gasteiger partial charge in [0.05, 0.1) is 12.2 Å². The van der Waals surface area contributed by atoms with E-state index in [1.54, 1.807) is 0 Å². The van der Waals surface area contributed by atoms with Crippen molar-refractivity contribution in [3.8, 4) is 0 Å². The molecule has 0 radical (unpaired) electrons. The molecule has 4 saturated carbocycles. The van der Waals surface area contributed by atoms with E-state index >= 15 is 0 Å². The molecule has 3 N–H and O–H groups in total. The predicted octanol–water partition coefficient (Wildman–Crippen LogP) is 2.58. The molecule has 9 atom stereocenters. The van der Waals surface area contributed by atoms with Crippen molar-refractivity contribution in [1.82, 2.24) is 0 Å². The van der Waals surface area contributed by atoms with Crippen LogP contribution < -0.4 is 0 Å². The molecule has 4 aliphatic carbocycles. The Bertz CT molecular complexity index is 452. The zero-order valence-corrected chi connectivity index (χ0v) is 14.0. The summed E-state index contributed by atoms with van der Waals surface area (Å²) in [6, 6.07) is 0. The predicted molar refractivity (Wildman–Crippen MR) is 85.1 cm³/mol. The largest absolute Gasteiger partial charge is 0.396 e. The summed E-state index contributed by atoms with van der Waals surface area (Å²) in [5.41, 5.74) is 0.198. The molecule has 0 aromatic carbocycles. The highest BCUT2D eigenvalue weighted by molar-refractivity contribution is 5.15. The van der Waals surface area contributed by atoms with Crippen LogP contribution in [0, 0.1) is 40.4 Å². The Morgan fingerprint density at radius 3 is 2.59 bits per heavy atom. The first kappa shape index (κ1) is 15.4. The number of aliphatic hydroxyl groups is 3. The molecule has 0 unspecified atom stereocenters. The van der Waals surface area contributed by atoms with Gasteiger partial charge in [0.1, 0.15) is 0 Å². The third kappa shape index (κ3) is 1.79. The molecule has 4 fully saturated rings. The van der Waals surface area contributed by atoms with Gasteiger partial charge in [-0.05, 0) is 80.0 Å². The van der Waals surface area contributed by atoms with Crippen LogP contribution in [0.2, 0.25) is 0 Å². The maximum Gasteiger partial charge on any atom is 0.0627 e. The van der Waals surface area contributed by atoms with Crippen molar-refractivity contribution in [2.45, 2.75) is 71.0 Å². The molecule has 0 aromatic rings. The minimum absolute atomic E-state index is 0.0966. The molecular weight excluding hydrogens is 276 g/mol. The zero-order valence-electron chi connectivity index (χ0n) is 14.0. The number of hydrogen-bond donors (Lipinski definition) is 3. The summed E-state index contributed by atoms with van der Waals surface area (Å²) in [5.74, 6) is 2.44. The summed E-state index contributed by atoms with van der Waals surface area (Å²) < 4.78 is 0. The Hall–Kier alpha value is -0.120. The summed E-state index contributed by atoms with van der Waals surface area (Å²) in [5, 5.41) is 31.3. The van der Waals surface area contributed by atoms with Crippen LogP contribution in [0.5, 0.6) is 0 Å². The third-order valence-corrected chi connectivity index (χ3v) is 8.61. The first-order valence-corrected chi connectivity index (χ1v) is 9.39. The van der Waals surface area contributed by atoms with E-state index in [2.05, 4.69) is 13.8 Å². The average molecular weight is 308 g/mol. The van der Waals surface area contributed by atoms with E-state index in [1.807, 2.05) is 0 Å². The van der Waals surface area contributed by atoms with Crippen molar-refractivity contribution in [3.63, 3.8) is 0 Å². The first-order valence-electron chi connectivity index (χ1n) is 9.39. The molecule has 0 amide bonds. The van der Waals surface area contributed by atoms with Crippen LogP contribution in [0.15, 0.2) is 0 Å². The van der Waals surface area contributed by atoms with Crippen molar-refractivity contribution in [2.24, 2.45) is 40.4 Å². The average Bonchev–Trinajstić information content (AvgIpc) is 2.66. The molecule has 0 aromatic heterocycles. The van der Waals surface area contributed by atoms with Crippen LogP contribution in [0.3, 0.4) is 0 Å². The van der Waals surface area contributed by atoms with Crippen molar-refractivity contribution in [1.29, 1.82) is 0 Å². The van der Waals surface area contributed by atoms with Crippen molar-refractivity contribution in [3.05, 3.63) is 0 Å². The van der Waals surface area contributed by atoms with Crippen molar-refractivity contribution >= 4 is 0 Å². The van der Waals surface area contributed by atoms with Gasteiger partial charge in [0.25, 0.3) is 0 Å². The van der Waals surface area contributed by atoms with E-state index in [0.29, 0.717) is 23.7 Å². The lowest BCUT2D eigenvalue weighted by Gasteiger charge is -2.62. The van der Waals surface area contributed by atoms with E-state index in [4.69, 9.17) is 0 Å². The minimum atomic E-state index is -0.276. The quantitative estimate of drug-likeness (QED) is 0.698. The molecule has 0 aliphatic heterocycles.